The number of hydrogen-bond acceptors (Lipinski definition) is 4. The molecule has 0 aliphatic heterocycles. The highest BCUT2D eigenvalue weighted by atomic mass is 32.2. The first-order valence-corrected chi connectivity index (χ1v) is 7.86. The molecule has 0 radical (unpaired) electrons. The number of aromatic nitrogens is 2. The number of nitrogens with one attached hydrogen (secondary N) is 1. The molecule has 0 bridgehead atoms. The standard InChI is InChI=1S/C13H17N3O2S/c1-9(14)7-11-8-13(16-15-11)10-3-5-12(6-4-10)19(2,17)18/h3-6,8-9H,7,14H2,1-2H3,(H,15,16). The van der Waals surface area contributed by atoms with Gasteiger partial charge in [0.15, 0.2) is 9.84 Å². The molecule has 0 aliphatic rings. The molecule has 0 spiro atoms. The Hall–Kier alpha value is -1.66. The minimum atomic E-state index is -3.16. The molecule has 2 rings (SSSR count). The number of nitrogens with two attached hydrogens (primary N) is 1. The van der Waals surface area contributed by atoms with Crippen LogP contribution in [0, 0.1) is 0 Å². The Bertz CT molecular complexity index is 657. The summed E-state index contributed by atoms with van der Waals surface area (Å²) in [6.45, 7) is 1.93. The molecule has 6 heteroatoms. The first kappa shape index (κ1) is 13.8. The van der Waals surface area contributed by atoms with E-state index in [9.17, 15) is 8.42 Å². The predicted molar refractivity (Wildman–Crippen MR) is 74.5 cm³/mol. The minimum absolute atomic E-state index is 0.0703. The molecule has 102 valence electrons. The lowest BCUT2D eigenvalue weighted by Gasteiger charge is -2.00. The van der Waals surface area contributed by atoms with E-state index in [0.29, 0.717) is 4.90 Å². The molecule has 0 fully saturated rings. The average Bonchev–Trinajstić information content (AvgIpc) is 2.75. The Morgan fingerprint density at radius 1 is 1.32 bits per heavy atom. The van der Waals surface area contributed by atoms with Crippen molar-refractivity contribution in [1.29, 1.82) is 0 Å². The van der Waals surface area contributed by atoms with Gasteiger partial charge in [0, 0.05) is 30.0 Å². The highest BCUT2D eigenvalue weighted by Crippen LogP contribution is 2.20. The number of aromatic amines is 1. The summed E-state index contributed by atoms with van der Waals surface area (Å²) in [5, 5.41) is 7.13. The quantitative estimate of drug-likeness (QED) is 0.884. The van der Waals surface area contributed by atoms with Crippen LogP contribution in [0.1, 0.15) is 12.6 Å². The zero-order chi connectivity index (χ0) is 14.0. The Morgan fingerprint density at radius 2 is 1.95 bits per heavy atom. The number of rotatable bonds is 4. The van der Waals surface area contributed by atoms with Crippen molar-refractivity contribution in [3.63, 3.8) is 0 Å². The second-order valence-corrected chi connectivity index (χ2v) is 6.77. The van der Waals surface area contributed by atoms with Gasteiger partial charge in [-0.1, -0.05) is 12.1 Å². The van der Waals surface area contributed by atoms with Gasteiger partial charge in [-0.05, 0) is 25.1 Å². The van der Waals surface area contributed by atoms with Gasteiger partial charge in [-0.2, -0.15) is 5.10 Å². The van der Waals surface area contributed by atoms with E-state index in [1.165, 1.54) is 6.26 Å². The van der Waals surface area contributed by atoms with Gasteiger partial charge in [0.25, 0.3) is 0 Å². The molecule has 1 heterocycles. The molecule has 0 saturated carbocycles. The topological polar surface area (TPSA) is 88.8 Å². The molecular weight excluding hydrogens is 262 g/mol. The summed E-state index contributed by atoms with van der Waals surface area (Å²) in [7, 11) is -3.16. The SMILES string of the molecule is CC(N)Cc1cc(-c2ccc(S(C)(=O)=O)cc2)n[nH]1. The summed E-state index contributed by atoms with van der Waals surface area (Å²) < 4.78 is 22.7. The third-order valence-electron chi connectivity index (χ3n) is 2.75. The molecule has 1 atom stereocenters. The molecule has 1 aromatic heterocycles. The first-order chi connectivity index (χ1) is 8.86. The summed E-state index contributed by atoms with van der Waals surface area (Å²) in [5.74, 6) is 0. The van der Waals surface area contributed by atoms with Crippen molar-refractivity contribution < 1.29 is 8.42 Å². The monoisotopic (exact) mass is 279 g/mol. The molecule has 0 aliphatic carbocycles. The van der Waals surface area contributed by atoms with Gasteiger partial charge in [-0.15, -0.1) is 0 Å². The number of nitrogens with zero attached hydrogens (tertiary/aromatic N) is 1. The lowest BCUT2D eigenvalue weighted by molar-refractivity contribution is 0.602. The summed E-state index contributed by atoms with van der Waals surface area (Å²) >= 11 is 0. The molecule has 19 heavy (non-hydrogen) atoms. The molecule has 3 N–H and O–H groups in total. The van der Waals surface area contributed by atoms with Gasteiger partial charge in [0.1, 0.15) is 0 Å². The van der Waals surface area contributed by atoms with E-state index in [1.807, 2.05) is 13.0 Å². The number of H-pyrrole nitrogens is 1. The number of benzene rings is 1. The van der Waals surface area contributed by atoms with Crippen molar-refractivity contribution in [1.82, 2.24) is 10.2 Å². The Kier molecular flexibility index (Phi) is 3.73. The van der Waals surface area contributed by atoms with E-state index in [4.69, 9.17) is 5.73 Å². The van der Waals surface area contributed by atoms with E-state index in [-0.39, 0.29) is 6.04 Å². The summed E-state index contributed by atoms with van der Waals surface area (Å²) in [6.07, 6.45) is 1.92. The lowest BCUT2D eigenvalue weighted by atomic mass is 10.1. The number of hydrogen-bond donors (Lipinski definition) is 2. The second-order valence-electron chi connectivity index (χ2n) is 4.76. The van der Waals surface area contributed by atoms with Crippen LogP contribution >= 0.6 is 0 Å². The summed E-state index contributed by atoms with van der Waals surface area (Å²) in [6, 6.07) is 8.68. The number of sulfone groups is 1. The third-order valence-corrected chi connectivity index (χ3v) is 3.88. The fourth-order valence-corrected chi connectivity index (χ4v) is 2.46. The van der Waals surface area contributed by atoms with Crippen LogP contribution in [-0.4, -0.2) is 30.9 Å². The van der Waals surface area contributed by atoms with Crippen molar-refractivity contribution in [2.24, 2.45) is 5.73 Å². The third kappa shape index (κ3) is 3.42. The van der Waals surface area contributed by atoms with Crippen LogP contribution < -0.4 is 5.73 Å². The normalized spacial score (nSPS) is 13.4. The zero-order valence-electron chi connectivity index (χ0n) is 10.9. The van der Waals surface area contributed by atoms with Crippen LogP contribution in [0.2, 0.25) is 0 Å². The van der Waals surface area contributed by atoms with Crippen molar-refractivity contribution in [3.8, 4) is 11.3 Å². The summed E-state index contributed by atoms with van der Waals surface area (Å²) in [5.41, 5.74) is 8.36. The molecule has 1 unspecified atom stereocenters. The van der Waals surface area contributed by atoms with Gasteiger partial charge in [0.05, 0.1) is 10.6 Å². The smallest absolute Gasteiger partial charge is 0.175 e. The van der Waals surface area contributed by atoms with Crippen LogP contribution in [0.4, 0.5) is 0 Å². The lowest BCUT2D eigenvalue weighted by Crippen LogP contribution is -2.17. The fourth-order valence-electron chi connectivity index (χ4n) is 1.83. The van der Waals surface area contributed by atoms with Crippen molar-refractivity contribution >= 4 is 9.84 Å². The first-order valence-electron chi connectivity index (χ1n) is 5.96. The molecule has 5 nitrogen and oxygen atoms in total. The van der Waals surface area contributed by atoms with Crippen LogP contribution in [-0.2, 0) is 16.3 Å². The molecule has 0 saturated heterocycles. The van der Waals surface area contributed by atoms with Gasteiger partial charge in [0.2, 0.25) is 0 Å². The maximum Gasteiger partial charge on any atom is 0.175 e. The van der Waals surface area contributed by atoms with Gasteiger partial charge in [-0.25, -0.2) is 8.42 Å². The predicted octanol–water partition coefficient (Wildman–Crippen LogP) is 1.37. The van der Waals surface area contributed by atoms with Crippen LogP contribution in [0.3, 0.4) is 0 Å². The highest BCUT2D eigenvalue weighted by Gasteiger charge is 2.09. The Labute approximate surface area is 112 Å². The van der Waals surface area contributed by atoms with E-state index >= 15 is 0 Å². The van der Waals surface area contributed by atoms with Crippen molar-refractivity contribution in [3.05, 3.63) is 36.0 Å². The zero-order valence-corrected chi connectivity index (χ0v) is 11.7. The fraction of sp³-hybridized carbons (Fsp3) is 0.308. The largest absolute Gasteiger partial charge is 0.328 e. The van der Waals surface area contributed by atoms with E-state index in [1.54, 1.807) is 24.3 Å². The van der Waals surface area contributed by atoms with Gasteiger partial charge >= 0.3 is 0 Å². The van der Waals surface area contributed by atoms with Crippen LogP contribution in [0.5, 0.6) is 0 Å². The summed E-state index contributed by atoms with van der Waals surface area (Å²) in [4.78, 5) is 0.308. The highest BCUT2D eigenvalue weighted by molar-refractivity contribution is 7.90. The van der Waals surface area contributed by atoms with Crippen LogP contribution in [0.15, 0.2) is 35.2 Å². The van der Waals surface area contributed by atoms with Gasteiger partial charge < -0.3 is 5.73 Å². The van der Waals surface area contributed by atoms with E-state index in [2.05, 4.69) is 10.2 Å². The molecule has 2 aromatic rings. The van der Waals surface area contributed by atoms with Crippen LogP contribution in [0.25, 0.3) is 11.3 Å². The van der Waals surface area contributed by atoms with Crippen molar-refractivity contribution in [2.75, 3.05) is 6.26 Å². The maximum absolute atomic E-state index is 11.4. The minimum Gasteiger partial charge on any atom is -0.328 e. The second kappa shape index (κ2) is 5.14. The molecule has 0 amide bonds. The average molecular weight is 279 g/mol. The Balaban J connectivity index is 2.25. The van der Waals surface area contributed by atoms with Gasteiger partial charge in [-0.3, -0.25) is 5.10 Å². The Morgan fingerprint density at radius 3 is 2.47 bits per heavy atom. The maximum atomic E-state index is 11.4. The molecular formula is C13H17N3O2S. The molecule has 1 aromatic carbocycles. The van der Waals surface area contributed by atoms with E-state index < -0.39 is 9.84 Å². The van der Waals surface area contributed by atoms with E-state index in [0.717, 1.165) is 23.4 Å². The van der Waals surface area contributed by atoms with Crippen molar-refractivity contribution in [2.45, 2.75) is 24.3 Å².